The van der Waals surface area contributed by atoms with E-state index in [1.165, 1.54) is 29.6 Å². The molecule has 0 saturated carbocycles. The predicted octanol–water partition coefficient (Wildman–Crippen LogP) is 4.73. The SMILES string of the molecule is C=C1CCC(C)(C)C(C)=C1C.CC. The lowest BCUT2D eigenvalue weighted by Gasteiger charge is -2.33. The maximum atomic E-state index is 4.05. The van der Waals surface area contributed by atoms with Crippen molar-refractivity contribution in [3.8, 4) is 0 Å². The fourth-order valence-corrected chi connectivity index (χ4v) is 1.61. The van der Waals surface area contributed by atoms with Crippen LogP contribution in [0.4, 0.5) is 0 Å². The molecular weight excluding hydrogens is 156 g/mol. The van der Waals surface area contributed by atoms with Crippen molar-refractivity contribution < 1.29 is 0 Å². The first-order chi connectivity index (χ1) is 5.95. The number of hydrogen-bond donors (Lipinski definition) is 0. The Balaban J connectivity index is 0.000000671. The molecule has 0 aromatic rings. The Morgan fingerprint density at radius 1 is 1.15 bits per heavy atom. The van der Waals surface area contributed by atoms with Crippen molar-refractivity contribution in [1.29, 1.82) is 0 Å². The highest BCUT2D eigenvalue weighted by molar-refractivity contribution is 5.36. The molecule has 0 saturated heterocycles. The summed E-state index contributed by atoms with van der Waals surface area (Å²) in [6.45, 7) is 17.1. The Hall–Kier alpha value is -0.520. The second-order valence-electron chi connectivity index (χ2n) is 4.24. The van der Waals surface area contributed by atoms with Crippen molar-refractivity contribution in [3.63, 3.8) is 0 Å². The van der Waals surface area contributed by atoms with Gasteiger partial charge in [0.05, 0.1) is 0 Å². The molecule has 0 N–H and O–H groups in total. The molecule has 0 radical (unpaired) electrons. The Morgan fingerprint density at radius 3 is 2.00 bits per heavy atom. The van der Waals surface area contributed by atoms with Gasteiger partial charge in [0.15, 0.2) is 0 Å². The number of allylic oxidation sites excluding steroid dienone is 3. The van der Waals surface area contributed by atoms with Crippen LogP contribution >= 0.6 is 0 Å². The quantitative estimate of drug-likeness (QED) is 0.506. The molecule has 0 atom stereocenters. The maximum absolute atomic E-state index is 4.05. The summed E-state index contributed by atoms with van der Waals surface area (Å²) in [6.07, 6.45) is 2.44. The van der Waals surface area contributed by atoms with Gasteiger partial charge in [-0.1, -0.05) is 45.4 Å². The smallest absolute Gasteiger partial charge is 0.0138 e. The lowest BCUT2D eigenvalue weighted by Crippen LogP contribution is -2.19. The average Bonchev–Trinajstić information content (AvgIpc) is 2.13. The fraction of sp³-hybridized carbons (Fsp3) is 0.692. The van der Waals surface area contributed by atoms with E-state index < -0.39 is 0 Å². The summed E-state index contributed by atoms with van der Waals surface area (Å²) in [5.74, 6) is 0. The molecule has 0 heteroatoms. The van der Waals surface area contributed by atoms with Crippen LogP contribution < -0.4 is 0 Å². The maximum Gasteiger partial charge on any atom is -0.0138 e. The largest absolute Gasteiger partial charge is 0.0956 e. The van der Waals surface area contributed by atoms with Crippen molar-refractivity contribution in [2.75, 3.05) is 0 Å². The summed E-state index contributed by atoms with van der Waals surface area (Å²) >= 11 is 0. The molecule has 0 aromatic heterocycles. The zero-order valence-corrected chi connectivity index (χ0v) is 10.1. The Kier molecular flexibility index (Phi) is 4.46. The van der Waals surface area contributed by atoms with E-state index in [0.29, 0.717) is 5.41 Å². The van der Waals surface area contributed by atoms with Crippen LogP contribution in [-0.2, 0) is 0 Å². The normalized spacial score (nSPS) is 20.9. The molecule has 1 aliphatic carbocycles. The van der Waals surface area contributed by atoms with Gasteiger partial charge in [-0.05, 0) is 37.7 Å². The standard InChI is InChI=1S/C11H18.C2H6/c1-8-6-7-11(4,5)10(3)9(8)2;1-2/h1,6-7H2,2-5H3;1-2H3. The molecule has 0 heterocycles. The van der Waals surface area contributed by atoms with Crippen molar-refractivity contribution in [2.24, 2.45) is 5.41 Å². The summed E-state index contributed by atoms with van der Waals surface area (Å²) in [5, 5.41) is 0. The fourth-order valence-electron chi connectivity index (χ4n) is 1.61. The van der Waals surface area contributed by atoms with Crippen molar-refractivity contribution in [2.45, 2.75) is 54.4 Å². The van der Waals surface area contributed by atoms with Crippen LogP contribution in [0.1, 0.15) is 54.4 Å². The summed E-state index contributed by atoms with van der Waals surface area (Å²) in [6, 6.07) is 0. The molecule has 0 amide bonds. The van der Waals surface area contributed by atoms with E-state index in [0.717, 1.165) is 0 Å². The molecule has 0 aliphatic heterocycles. The molecule has 1 aliphatic rings. The van der Waals surface area contributed by atoms with Gasteiger partial charge in [0.1, 0.15) is 0 Å². The van der Waals surface area contributed by atoms with Gasteiger partial charge < -0.3 is 0 Å². The minimum absolute atomic E-state index is 0.408. The van der Waals surface area contributed by atoms with Crippen LogP contribution in [-0.4, -0.2) is 0 Å². The molecule has 76 valence electrons. The van der Waals surface area contributed by atoms with E-state index in [9.17, 15) is 0 Å². The molecule has 1 rings (SSSR count). The lowest BCUT2D eigenvalue weighted by molar-refractivity contribution is 0.391. The molecule has 0 unspecified atom stereocenters. The molecule has 0 aromatic carbocycles. The third kappa shape index (κ3) is 2.72. The van der Waals surface area contributed by atoms with Crippen LogP contribution in [0.5, 0.6) is 0 Å². The predicted molar refractivity (Wildman–Crippen MR) is 61.9 cm³/mol. The Morgan fingerprint density at radius 2 is 1.62 bits per heavy atom. The zero-order valence-electron chi connectivity index (χ0n) is 10.1. The summed E-state index contributed by atoms with van der Waals surface area (Å²) in [5.41, 5.74) is 4.70. The van der Waals surface area contributed by atoms with Gasteiger partial charge in [-0.25, -0.2) is 0 Å². The van der Waals surface area contributed by atoms with Gasteiger partial charge in [0, 0.05) is 0 Å². The van der Waals surface area contributed by atoms with Gasteiger partial charge in [0.25, 0.3) is 0 Å². The van der Waals surface area contributed by atoms with E-state index in [2.05, 4.69) is 34.3 Å². The zero-order chi connectivity index (χ0) is 10.6. The van der Waals surface area contributed by atoms with Crippen molar-refractivity contribution in [3.05, 3.63) is 23.3 Å². The van der Waals surface area contributed by atoms with Crippen LogP contribution in [0.25, 0.3) is 0 Å². The highest BCUT2D eigenvalue weighted by Crippen LogP contribution is 2.41. The van der Waals surface area contributed by atoms with E-state index in [1.807, 2.05) is 13.8 Å². The third-order valence-electron chi connectivity index (χ3n) is 3.16. The summed E-state index contributed by atoms with van der Waals surface area (Å²) < 4.78 is 0. The van der Waals surface area contributed by atoms with Gasteiger partial charge in [-0.15, -0.1) is 0 Å². The van der Waals surface area contributed by atoms with E-state index in [4.69, 9.17) is 0 Å². The van der Waals surface area contributed by atoms with E-state index in [-0.39, 0.29) is 0 Å². The van der Waals surface area contributed by atoms with Crippen LogP contribution in [0, 0.1) is 5.41 Å². The van der Waals surface area contributed by atoms with Crippen LogP contribution in [0.2, 0.25) is 0 Å². The highest BCUT2D eigenvalue weighted by atomic mass is 14.3. The molecular formula is C13H24. The van der Waals surface area contributed by atoms with Gasteiger partial charge in [-0.3, -0.25) is 0 Å². The van der Waals surface area contributed by atoms with Crippen molar-refractivity contribution >= 4 is 0 Å². The monoisotopic (exact) mass is 180 g/mol. The van der Waals surface area contributed by atoms with E-state index >= 15 is 0 Å². The van der Waals surface area contributed by atoms with Crippen LogP contribution in [0.15, 0.2) is 23.3 Å². The third-order valence-corrected chi connectivity index (χ3v) is 3.16. The topological polar surface area (TPSA) is 0 Å². The van der Waals surface area contributed by atoms with Gasteiger partial charge >= 0.3 is 0 Å². The Labute approximate surface area is 83.7 Å². The molecule has 0 fully saturated rings. The minimum Gasteiger partial charge on any atom is -0.0956 e. The Bertz CT molecular complexity index is 216. The molecule has 0 spiro atoms. The second-order valence-corrected chi connectivity index (χ2v) is 4.24. The van der Waals surface area contributed by atoms with E-state index in [1.54, 1.807) is 0 Å². The minimum atomic E-state index is 0.408. The van der Waals surface area contributed by atoms with Crippen LogP contribution in [0.3, 0.4) is 0 Å². The van der Waals surface area contributed by atoms with Gasteiger partial charge in [-0.2, -0.15) is 0 Å². The molecule has 13 heavy (non-hydrogen) atoms. The van der Waals surface area contributed by atoms with Crippen molar-refractivity contribution in [1.82, 2.24) is 0 Å². The number of hydrogen-bond acceptors (Lipinski definition) is 0. The first kappa shape index (κ1) is 12.5. The van der Waals surface area contributed by atoms with Gasteiger partial charge in [0.2, 0.25) is 0 Å². The summed E-state index contributed by atoms with van der Waals surface area (Å²) in [7, 11) is 0. The first-order valence-corrected chi connectivity index (χ1v) is 5.31. The summed E-state index contributed by atoms with van der Waals surface area (Å²) in [4.78, 5) is 0. The molecule has 0 bridgehead atoms. The molecule has 0 nitrogen and oxygen atoms in total. The lowest BCUT2D eigenvalue weighted by atomic mass is 9.72. The first-order valence-electron chi connectivity index (χ1n) is 5.31. The second kappa shape index (κ2) is 4.64. The average molecular weight is 180 g/mol. The highest BCUT2D eigenvalue weighted by Gasteiger charge is 2.26. The number of rotatable bonds is 0.